The largest absolute Gasteiger partial charge is 0.389 e. The van der Waals surface area contributed by atoms with Crippen LogP contribution in [-0.2, 0) is 9.59 Å². The van der Waals surface area contributed by atoms with E-state index in [4.69, 9.17) is 18.0 Å². The molecule has 4 nitrogen and oxygen atoms in total. The second-order valence-corrected chi connectivity index (χ2v) is 4.61. The van der Waals surface area contributed by atoms with E-state index in [0.29, 0.717) is 0 Å². The average molecular weight is 266 g/mol. The van der Waals surface area contributed by atoms with Gasteiger partial charge in [0.25, 0.3) is 0 Å². The van der Waals surface area contributed by atoms with Gasteiger partial charge < -0.3 is 5.73 Å². The smallest absolute Gasteiger partial charge is 0.237 e. The molecule has 1 heterocycles. The molecule has 1 fully saturated rings. The van der Waals surface area contributed by atoms with Crippen LogP contribution in [0, 0.1) is 11.7 Å². The van der Waals surface area contributed by atoms with Gasteiger partial charge in [-0.2, -0.15) is 0 Å². The lowest BCUT2D eigenvalue weighted by Gasteiger charge is -2.18. The minimum Gasteiger partial charge on any atom is -0.389 e. The van der Waals surface area contributed by atoms with Crippen LogP contribution in [0.15, 0.2) is 18.2 Å². The van der Waals surface area contributed by atoms with Crippen LogP contribution >= 0.6 is 12.2 Å². The molecule has 94 valence electrons. The zero-order chi connectivity index (χ0) is 13.4. The van der Waals surface area contributed by atoms with Crippen molar-refractivity contribution >= 4 is 34.7 Å². The van der Waals surface area contributed by atoms with Gasteiger partial charge in [0.15, 0.2) is 0 Å². The molecule has 0 aliphatic carbocycles. The van der Waals surface area contributed by atoms with E-state index in [-0.39, 0.29) is 34.5 Å². The van der Waals surface area contributed by atoms with Crippen LogP contribution in [0.4, 0.5) is 10.1 Å². The minimum atomic E-state index is -0.639. The van der Waals surface area contributed by atoms with Gasteiger partial charge in [-0.3, -0.25) is 9.59 Å². The van der Waals surface area contributed by atoms with Crippen molar-refractivity contribution in [2.45, 2.75) is 13.3 Å². The Morgan fingerprint density at radius 3 is 2.67 bits per heavy atom. The Morgan fingerprint density at radius 1 is 1.50 bits per heavy atom. The molecular weight excluding hydrogens is 255 g/mol. The molecule has 2 N–H and O–H groups in total. The highest BCUT2D eigenvalue weighted by molar-refractivity contribution is 7.80. The molecule has 1 aromatic rings. The Morgan fingerprint density at radius 2 is 2.17 bits per heavy atom. The number of nitrogens with two attached hydrogens (primary N) is 1. The molecule has 1 aliphatic rings. The molecule has 1 atom stereocenters. The maximum atomic E-state index is 13.7. The summed E-state index contributed by atoms with van der Waals surface area (Å²) in [6.45, 7) is 1.65. The molecule has 1 saturated heterocycles. The van der Waals surface area contributed by atoms with Crippen molar-refractivity contribution < 1.29 is 14.0 Å². The molecule has 1 aliphatic heterocycles. The first-order valence-corrected chi connectivity index (χ1v) is 5.79. The zero-order valence-corrected chi connectivity index (χ0v) is 10.5. The predicted octanol–water partition coefficient (Wildman–Crippen LogP) is 1.36. The summed E-state index contributed by atoms with van der Waals surface area (Å²) in [5.74, 6) is -1.76. The predicted molar refractivity (Wildman–Crippen MR) is 68.6 cm³/mol. The Hall–Kier alpha value is -1.82. The van der Waals surface area contributed by atoms with Crippen LogP contribution in [0.3, 0.4) is 0 Å². The summed E-state index contributed by atoms with van der Waals surface area (Å²) in [7, 11) is 0. The van der Waals surface area contributed by atoms with Gasteiger partial charge in [-0.05, 0) is 12.1 Å². The quantitative estimate of drug-likeness (QED) is 0.648. The number of hydrogen-bond donors (Lipinski definition) is 1. The van der Waals surface area contributed by atoms with E-state index in [2.05, 4.69) is 0 Å². The van der Waals surface area contributed by atoms with Crippen LogP contribution < -0.4 is 10.6 Å². The number of halogens is 1. The monoisotopic (exact) mass is 266 g/mol. The van der Waals surface area contributed by atoms with Crippen molar-refractivity contribution in [2.24, 2.45) is 11.7 Å². The van der Waals surface area contributed by atoms with Gasteiger partial charge in [0.05, 0.1) is 11.3 Å². The Balaban J connectivity index is 2.59. The van der Waals surface area contributed by atoms with Crippen molar-refractivity contribution in [1.82, 2.24) is 0 Å². The molecule has 6 heteroatoms. The van der Waals surface area contributed by atoms with Crippen LogP contribution in [-0.4, -0.2) is 16.8 Å². The summed E-state index contributed by atoms with van der Waals surface area (Å²) in [5, 5.41) is 0. The van der Waals surface area contributed by atoms with Crippen molar-refractivity contribution in [3.05, 3.63) is 29.6 Å². The molecule has 1 unspecified atom stereocenters. The number of amides is 2. The van der Waals surface area contributed by atoms with Crippen LogP contribution in [0.5, 0.6) is 0 Å². The number of benzene rings is 1. The van der Waals surface area contributed by atoms with E-state index >= 15 is 0 Å². The molecule has 0 saturated carbocycles. The lowest BCUT2D eigenvalue weighted by Crippen LogP contribution is -2.32. The number of carbonyl (C=O) groups excluding carboxylic acids is 2. The van der Waals surface area contributed by atoms with Crippen molar-refractivity contribution in [1.29, 1.82) is 0 Å². The number of nitrogens with zero attached hydrogens (tertiary/aromatic N) is 1. The van der Waals surface area contributed by atoms with Crippen LogP contribution in [0.2, 0.25) is 0 Å². The summed E-state index contributed by atoms with van der Waals surface area (Å²) < 4.78 is 13.7. The fraction of sp³-hybridized carbons (Fsp3) is 0.250. The lowest BCUT2D eigenvalue weighted by molar-refractivity contribution is -0.122. The third-order valence-electron chi connectivity index (χ3n) is 2.85. The van der Waals surface area contributed by atoms with Crippen molar-refractivity contribution in [2.75, 3.05) is 4.90 Å². The Bertz CT molecular complexity index is 559. The van der Waals surface area contributed by atoms with Gasteiger partial charge in [0.2, 0.25) is 11.8 Å². The van der Waals surface area contributed by atoms with Gasteiger partial charge in [-0.15, -0.1) is 0 Å². The number of thiocarbonyl (C=S) groups is 1. The second kappa shape index (κ2) is 4.45. The van der Waals surface area contributed by atoms with Gasteiger partial charge in [0, 0.05) is 12.3 Å². The first-order valence-electron chi connectivity index (χ1n) is 5.38. The van der Waals surface area contributed by atoms with E-state index in [1.54, 1.807) is 6.92 Å². The molecule has 2 rings (SSSR count). The van der Waals surface area contributed by atoms with Crippen molar-refractivity contribution in [3.8, 4) is 0 Å². The highest BCUT2D eigenvalue weighted by atomic mass is 32.1. The fourth-order valence-corrected chi connectivity index (χ4v) is 2.18. The third-order valence-corrected chi connectivity index (χ3v) is 3.06. The molecule has 0 bridgehead atoms. The summed E-state index contributed by atoms with van der Waals surface area (Å²) in [6, 6.07) is 4.06. The number of hydrogen-bond acceptors (Lipinski definition) is 3. The lowest BCUT2D eigenvalue weighted by atomic mass is 10.1. The van der Waals surface area contributed by atoms with Crippen LogP contribution in [0.25, 0.3) is 0 Å². The summed E-state index contributed by atoms with van der Waals surface area (Å²) in [5.41, 5.74) is 5.51. The van der Waals surface area contributed by atoms with Gasteiger partial charge >= 0.3 is 0 Å². The van der Waals surface area contributed by atoms with E-state index in [1.165, 1.54) is 18.2 Å². The maximum Gasteiger partial charge on any atom is 0.237 e. The summed E-state index contributed by atoms with van der Waals surface area (Å²) in [6.07, 6.45) is 0.117. The minimum absolute atomic E-state index is 0.0664. The molecule has 0 radical (unpaired) electrons. The number of imide groups is 1. The van der Waals surface area contributed by atoms with E-state index in [1.807, 2.05) is 0 Å². The van der Waals surface area contributed by atoms with E-state index in [0.717, 1.165) is 4.90 Å². The molecule has 0 aromatic heterocycles. The molecule has 18 heavy (non-hydrogen) atoms. The molecule has 0 spiro atoms. The van der Waals surface area contributed by atoms with Crippen LogP contribution in [0.1, 0.15) is 18.9 Å². The SMILES string of the molecule is CC1CC(=O)N(c2cccc(F)c2C(N)=S)C1=O. The fourth-order valence-electron chi connectivity index (χ4n) is 1.98. The topological polar surface area (TPSA) is 63.4 Å². The van der Waals surface area contributed by atoms with E-state index in [9.17, 15) is 14.0 Å². The number of anilines is 1. The maximum absolute atomic E-state index is 13.7. The highest BCUT2D eigenvalue weighted by Gasteiger charge is 2.38. The average Bonchev–Trinajstić information content (AvgIpc) is 2.52. The number of carbonyl (C=O) groups is 2. The van der Waals surface area contributed by atoms with Gasteiger partial charge in [-0.25, -0.2) is 9.29 Å². The summed E-state index contributed by atoms with van der Waals surface area (Å²) in [4.78, 5) is 24.5. The highest BCUT2D eigenvalue weighted by Crippen LogP contribution is 2.30. The Kier molecular flexibility index (Phi) is 3.13. The molecular formula is C12H11FN2O2S. The van der Waals surface area contributed by atoms with Crippen molar-refractivity contribution in [3.63, 3.8) is 0 Å². The first-order chi connectivity index (χ1) is 8.43. The van der Waals surface area contributed by atoms with E-state index < -0.39 is 11.7 Å². The summed E-state index contributed by atoms with van der Waals surface area (Å²) >= 11 is 4.77. The zero-order valence-electron chi connectivity index (χ0n) is 9.64. The first kappa shape index (κ1) is 12.6. The molecule has 1 aromatic carbocycles. The Labute approximate surface area is 109 Å². The standard InChI is InChI=1S/C12H11FN2O2S/c1-6-5-9(16)15(12(6)17)8-4-2-3-7(13)10(8)11(14)18/h2-4,6H,5H2,1H3,(H2,14,18). The normalized spacial score (nSPS) is 19.4. The van der Waals surface area contributed by atoms with Gasteiger partial charge in [-0.1, -0.05) is 25.2 Å². The third kappa shape index (κ3) is 1.88. The number of rotatable bonds is 2. The molecule has 2 amide bonds. The van der Waals surface area contributed by atoms with Gasteiger partial charge in [0.1, 0.15) is 10.8 Å². The second-order valence-electron chi connectivity index (χ2n) is 4.17.